The van der Waals surface area contributed by atoms with Crippen LogP contribution in [0.1, 0.15) is 43.9 Å². The molecule has 1 heterocycles. The zero-order valence-electron chi connectivity index (χ0n) is 12.0. The summed E-state index contributed by atoms with van der Waals surface area (Å²) in [6, 6.07) is 4.04. The van der Waals surface area contributed by atoms with Gasteiger partial charge in [-0.1, -0.05) is 5.16 Å². The molecule has 0 spiro atoms. The Morgan fingerprint density at radius 3 is 2.58 bits per heavy atom. The first kappa shape index (κ1) is 13.6. The highest BCUT2D eigenvalue weighted by Gasteiger charge is 2.32. The molecule has 4 heteroatoms. The van der Waals surface area contributed by atoms with Crippen LogP contribution in [0.25, 0.3) is 0 Å². The van der Waals surface area contributed by atoms with E-state index >= 15 is 0 Å². The third-order valence-corrected chi connectivity index (χ3v) is 3.17. The molecule has 102 valence electrons. The first-order valence-corrected chi connectivity index (χ1v) is 6.33. The fourth-order valence-electron chi connectivity index (χ4n) is 2.13. The number of ether oxygens (including phenoxy) is 1. The van der Waals surface area contributed by atoms with Crippen LogP contribution in [0, 0.1) is 13.8 Å². The van der Waals surface area contributed by atoms with Gasteiger partial charge in [0.15, 0.2) is 0 Å². The molecule has 0 amide bonds. The van der Waals surface area contributed by atoms with E-state index in [1.54, 1.807) is 0 Å². The van der Waals surface area contributed by atoms with E-state index in [0.717, 1.165) is 22.6 Å². The number of hydrogen-bond acceptors (Lipinski definition) is 4. The second-order valence-corrected chi connectivity index (χ2v) is 5.59. The molecule has 0 unspecified atom stereocenters. The number of carbonyl (C=O) groups excluding carboxylic acids is 1. The number of fused-ring (bicyclic) bond motifs is 1. The van der Waals surface area contributed by atoms with Crippen LogP contribution in [-0.4, -0.2) is 17.3 Å². The molecule has 0 radical (unpaired) electrons. The van der Waals surface area contributed by atoms with Gasteiger partial charge in [0.05, 0.1) is 5.71 Å². The van der Waals surface area contributed by atoms with E-state index in [2.05, 4.69) is 5.16 Å². The maximum Gasteiger partial charge on any atom is 0.331 e. The third-order valence-electron chi connectivity index (χ3n) is 3.17. The molecule has 2 rings (SSSR count). The summed E-state index contributed by atoms with van der Waals surface area (Å²) in [6.07, 6.45) is 0.607. The van der Waals surface area contributed by atoms with Crippen molar-refractivity contribution in [3.05, 3.63) is 28.8 Å². The van der Waals surface area contributed by atoms with Crippen molar-refractivity contribution in [1.82, 2.24) is 0 Å². The minimum absolute atomic E-state index is 0.353. The van der Waals surface area contributed by atoms with Gasteiger partial charge in [-0.2, -0.15) is 0 Å². The highest BCUT2D eigenvalue weighted by molar-refractivity contribution is 6.04. The Kier molecular flexibility index (Phi) is 3.35. The summed E-state index contributed by atoms with van der Waals surface area (Å²) < 4.78 is 5.97. The van der Waals surface area contributed by atoms with Crippen LogP contribution >= 0.6 is 0 Å². The van der Waals surface area contributed by atoms with Crippen molar-refractivity contribution >= 4 is 11.7 Å². The molecule has 0 bridgehead atoms. The highest BCUT2D eigenvalue weighted by Crippen LogP contribution is 2.35. The number of nitrogens with zero attached hydrogens (tertiary/aromatic N) is 1. The Hall–Kier alpha value is -1.84. The topological polar surface area (TPSA) is 47.9 Å². The monoisotopic (exact) mass is 261 g/mol. The Morgan fingerprint density at radius 1 is 1.32 bits per heavy atom. The molecule has 0 saturated heterocycles. The average molecular weight is 261 g/mol. The zero-order chi connectivity index (χ0) is 14.2. The lowest BCUT2D eigenvalue weighted by Crippen LogP contribution is -2.36. The van der Waals surface area contributed by atoms with Crippen LogP contribution in [0.3, 0.4) is 0 Å². The van der Waals surface area contributed by atoms with Gasteiger partial charge >= 0.3 is 5.97 Å². The Balaban J connectivity index is 2.50. The fourth-order valence-corrected chi connectivity index (χ4v) is 2.13. The number of hydrogen-bond donors (Lipinski definition) is 0. The molecular formula is C15H19NO3. The molecule has 0 atom stereocenters. The predicted molar refractivity (Wildman–Crippen MR) is 73.5 cm³/mol. The van der Waals surface area contributed by atoms with Crippen molar-refractivity contribution in [2.24, 2.45) is 5.16 Å². The molecule has 0 saturated carbocycles. The van der Waals surface area contributed by atoms with Gasteiger partial charge in [0.25, 0.3) is 0 Å². The summed E-state index contributed by atoms with van der Waals surface area (Å²) in [7, 11) is 0. The van der Waals surface area contributed by atoms with Gasteiger partial charge in [0, 0.05) is 18.9 Å². The van der Waals surface area contributed by atoms with E-state index in [-0.39, 0.29) is 5.60 Å². The molecule has 1 aromatic rings. The van der Waals surface area contributed by atoms with Crippen molar-refractivity contribution < 1.29 is 14.4 Å². The molecule has 1 aromatic carbocycles. The molecule has 4 nitrogen and oxygen atoms in total. The maximum atomic E-state index is 10.9. The van der Waals surface area contributed by atoms with Gasteiger partial charge in [0.2, 0.25) is 0 Å². The van der Waals surface area contributed by atoms with E-state index in [9.17, 15) is 4.79 Å². The summed E-state index contributed by atoms with van der Waals surface area (Å²) in [6.45, 7) is 9.42. The van der Waals surface area contributed by atoms with Gasteiger partial charge in [-0.15, -0.1) is 0 Å². The second kappa shape index (κ2) is 4.68. The summed E-state index contributed by atoms with van der Waals surface area (Å²) >= 11 is 0. The standard InChI is InChI=1S/C15H19NO3/c1-9-6-12-13(16-19-11(3)17)8-15(4,5)18-14(12)7-10(9)2/h6-7H,8H2,1-5H3/b16-13+. The lowest BCUT2D eigenvalue weighted by Gasteiger charge is -2.33. The van der Waals surface area contributed by atoms with Gasteiger partial charge < -0.3 is 9.57 Å². The largest absolute Gasteiger partial charge is 0.487 e. The van der Waals surface area contributed by atoms with Crippen LogP contribution in [0.15, 0.2) is 17.3 Å². The van der Waals surface area contributed by atoms with Crippen molar-refractivity contribution in [3.63, 3.8) is 0 Å². The van der Waals surface area contributed by atoms with E-state index in [0.29, 0.717) is 6.42 Å². The van der Waals surface area contributed by atoms with Crippen molar-refractivity contribution in [3.8, 4) is 5.75 Å². The number of aryl methyl sites for hydroxylation is 2. The lowest BCUT2D eigenvalue weighted by atomic mass is 9.90. The van der Waals surface area contributed by atoms with Crippen molar-refractivity contribution in [2.45, 2.75) is 46.6 Å². The van der Waals surface area contributed by atoms with Crippen LogP contribution in [0.5, 0.6) is 5.75 Å². The van der Waals surface area contributed by atoms with E-state index < -0.39 is 5.97 Å². The summed E-state index contributed by atoms with van der Waals surface area (Å²) in [4.78, 5) is 15.7. The summed E-state index contributed by atoms with van der Waals surface area (Å²) in [5, 5.41) is 3.98. The SMILES string of the molecule is CC(=O)O/N=C1\CC(C)(C)Oc2cc(C)c(C)cc21. The first-order valence-electron chi connectivity index (χ1n) is 6.33. The van der Waals surface area contributed by atoms with Gasteiger partial charge in [-0.25, -0.2) is 4.79 Å². The van der Waals surface area contributed by atoms with Crippen molar-refractivity contribution in [1.29, 1.82) is 0 Å². The number of carbonyl (C=O) groups is 1. The number of benzene rings is 1. The van der Waals surface area contributed by atoms with Gasteiger partial charge in [-0.3, -0.25) is 0 Å². The quantitative estimate of drug-likeness (QED) is 0.576. The molecule has 1 aliphatic rings. The van der Waals surface area contributed by atoms with Gasteiger partial charge in [0.1, 0.15) is 11.4 Å². The molecule has 19 heavy (non-hydrogen) atoms. The lowest BCUT2D eigenvalue weighted by molar-refractivity contribution is -0.141. The summed E-state index contributed by atoms with van der Waals surface area (Å²) in [5.74, 6) is 0.382. The Labute approximate surface area is 113 Å². The number of rotatable bonds is 1. The first-order chi connectivity index (χ1) is 8.78. The molecule has 1 aliphatic heterocycles. The van der Waals surface area contributed by atoms with E-state index in [1.807, 2.05) is 39.8 Å². The molecule has 0 N–H and O–H groups in total. The highest BCUT2D eigenvalue weighted by atomic mass is 16.7. The minimum Gasteiger partial charge on any atom is -0.487 e. The Bertz CT molecular complexity index is 559. The molecule has 0 aliphatic carbocycles. The predicted octanol–water partition coefficient (Wildman–Crippen LogP) is 3.13. The van der Waals surface area contributed by atoms with E-state index in [1.165, 1.54) is 12.5 Å². The molecular weight excluding hydrogens is 242 g/mol. The van der Waals surface area contributed by atoms with Crippen LogP contribution < -0.4 is 4.74 Å². The minimum atomic E-state index is -0.415. The third kappa shape index (κ3) is 2.95. The van der Waals surface area contributed by atoms with Crippen LogP contribution in [-0.2, 0) is 9.63 Å². The average Bonchev–Trinajstić information content (AvgIpc) is 2.27. The van der Waals surface area contributed by atoms with Crippen molar-refractivity contribution in [2.75, 3.05) is 0 Å². The number of oxime groups is 1. The van der Waals surface area contributed by atoms with Crippen LogP contribution in [0.4, 0.5) is 0 Å². The second-order valence-electron chi connectivity index (χ2n) is 5.59. The fraction of sp³-hybridized carbons (Fsp3) is 0.467. The smallest absolute Gasteiger partial charge is 0.331 e. The summed E-state index contributed by atoms with van der Waals surface area (Å²) in [5.41, 5.74) is 3.64. The molecule has 0 aromatic heterocycles. The maximum absolute atomic E-state index is 10.9. The molecule has 0 fully saturated rings. The zero-order valence-corrected chi connectivity index (χ0v) is 12.0. The van der Waals surface area contributed by atoms with Gasteiger partial charge in [-0.05, 0) is 51.0 Å². The normalized spacial score (nSPS) is 18.7. The Morgan fingerprint density at radius 2 is 1.95 bits per heavy atom. The van der Waals surface area contributed by atoms with E-state index in [4.69, 9.17) is 9.57 Å². The van der Waals surface area contributed by atoms with Crippen LogP contribution in [0.2, 0.25) is 0 Å².